The Morgan fingerprint density at radius 2 is 1.09 bits per heavy atom. The van der Waals surface area contributed by atoms with E-state index in [1.54, 1.807) is 0 Å². The summed E-state index contributed by atoms with van der Waals surface area (Å²) < 4.78 is 19.3. The Balaban J connectivity index is 3.31. The second kappa shape index (κ2) is 6.47. The third-order valence-corrected chi connectivity index (χ3v) is 6.90. The van der Waals surface area contributed by atoms with E-state index in [1.807, 2.05) is 71.9 Å². The van der Waals surface area contributed by atoms with Gasteiger partial charge in [-0.05, 0) is 0 Å². The summed E-state index contributed by atoms with van der Waals surface area (Å²) in [4.78, 5) is 0. The van der Waals surface area contributed by atoms with Gasteiger partial charge in [-0.2, -0.15) is 0 Å². The summed E-state index contributed by atoms with van der Waals surface area (Å²) in [7, 11) is -3.01. The van der Waals surface area contributed by atoms with Crippen LogP contribution >= 0.6 is 7.94 Å². The average Bonchev–Trinajstić information content (AvgIpc) is 2.23. The number of para-hydroxylation sites is 1. The molecule has 0 unspecified atom stereocenters. The van der Waals surface area contributed by atoms with Gasteiger partial charge >= 0.3 is 136 Å². The molecular weight excluding hydrogens is 295 g/mol. The molecule has 0 aromatic heterocycles. The summed E-state index contributed by atoms with van der Waals surface area (Å²) in [5.74, 6) is 0.789. The SMILES string of the molecule is CC(C)(C)O[PH](Oc1ccccc1)(OC(C)(C)C)C(C)(C)C. The van der Waals surface area contributed by atoms with Crippen LogP contribution in [0.3, 0.4) is 0 Å². The maximum absolute atomic E-state index is 6.46. The summed E-state index contributed by atoms with van der Waals surface area (Å²) in [5.41, 5.74) is -0.695. The Labute approximate surface area is 136 Å². The fourth-order valence-electron chi connectivity index (χ4n) is 1.97. The molecule has 0 aliphatic carbocycles. The van der Waals surface area contributed by atoms with E-state index in [4.69, 9.17) is 13.6 Å². The van der Waals surface area contributed by atoms with E-state index in [2.05, 4.69) is 20.8 Å². The molecule has 0 saturated heterocycles. The minimum absolute atomic E-state index is 0.247. The zero-order chi connectivity index (χ0) is 17.2. The predicted octanol–water partition coefficient (Wildman–Crippen LogP) is 5.99. The molecule has 3 nitrogen and oxygen atoms in total. The van der Waals surface area contributed by atoms with E-state index in [9.17, 15) is 0 Å². The zero-order valence-electron chi connectivity index (χ0n) is 15.6. The molecule has 0 aliphatic rings. The monoisotopic (exact) mass is 328 g/mol. The van der Waals surface area contributed by atoms with Crippen molar-refractivity contribution in [2.75, 3.05) is 0 Å². The van der Waals surface area contributed by atoms with E-state index in [0.29, 0.717) is 0 Å². The molecule has 1 aromatic rings. The number of hydrogen-bond acceptors (Lipinski definition) is 3. The van der Waals surface area contributed by atoms with Crippen LogP contribution in [0.25, 0.3) is 0 Å². The second-order valence-corrected chi connectivity index (χ2v) is 11.9. The number of rotatable bonds is 4. The first kappa shape index (κ1) is 19.4. The molecular formula is C18H33O3P. The molecule has 0 fully saturated rings. The molecule has 22 heavy (non-hydrogen) atoms. The van der Waals surface area contributed by atoms with Crippen molar-refractivity contribution in [1.82, 2.24) is 0 Å². The van der Waals surface area contributed by atoms with Gasteiger partial charge in [0.05, 0.1) is 0 Å². The normalized spacial score (nSPS) is 14.8. The first-order chi connectivity index (χ1) is 9.74. The van der Waals surface area contributed by atoms with Crippen molar-refractivity contribution in [3.05, 3.63) is 30.3 Å². The van der Waals surface area contributed by atoms with Crippen LogP contribution in [0.2, 0.25) is 0 Å². The molecule has 0 aliphatic heterocycles. The van der Waals surface area contributed by atoms with Crippen molar-refractivity contribution in [2.24, 2.45) is 0 Å². The molecule has 0 spiro atoms. The summed E-state index contributed by atoms with van der Waals surface area (Å²) in [5, 5.41) is -0.247. The van der Waals surface area contributed by atoms with Gasteiger partial charge in [-0.1, -0.05) is 0 Å². The molecule has 1 aromatic carbocycles. The van der Waals surface area contributed by atoms with Gasteiger partial charge in [0.2, 0.25) is 0 Å². The Hall–Kier alpha value is -0.630. The number of benzene rings is 1. The second-order valence-electron chi connectivity index (χ2n) is 8.65. The minimum atomic E-state index is -3.01. The van der Waals surface area contributed by atoms with Crippen molar-refractivity contribution in [1.29, 1.82) is 0 Å². The summed E-state index contributed by atoms with van der Waals surface area (Å²) in [6.07, 6.45) is 0. The van der Waals surface area contributed by atoms with Crippen molar-refractivity contribution >= 4 is 7.94 Å². The first-order valence-corrected chi connectivity index (χ1v) is 9.61. The van der Waals surface area contributed by atoms with Gasteiger partial charge < -0.3 is 0 Å². The van der Waals surface area contributed by atoms with Crippen molar-refractivity contribution in [2.45, 2.75) is 78.7 Å². The van der Waals surface area contributed by atoms with Crippen LogP contribution in [0.4, 0.5) is 0 Å². The first-order valence-electron chi connectivity index (χ1n) is 7.89. The molecule has 1 rings (SSSR count). The van der Waals surface area contributed by atoms with Gasteiger partial charge in [0, 0.05) is 0 Å². The van der Waals surface area contributed by atoms with Crippen LogP contribution in [0, 0.1) is 0 Å². The van der Waals surface area contributed by atoms with Crippen LogP contribution in [-0.4, -0.2) is 16.4 Å². The van der Waals surface area contributed by atoms with E-state index in [-0.39, 0.29) is 16.4 Å². The van der Waals surface area contributed by atoms with E-state index >= 15 is 0 Å². The molecule has 0 radical (unpaired) electrons. The average molecular weight is 328 g/mol. The van der Waals surface area contributed by atoms with Gasteiger partial charge in [-0.15, -0.1) is 0 Å². The van der Waals surface area contributed by atoms with E-state index in [1.165, 1.54) is 0 Å². The fraction of sp³-hybridized carbons (Fsp3) is 0.667. The van der Waals surface area contributed by atoms with E-state index in [0.717, 1.165) is 5.75 Å². The van der Waals surface area contributed by atoms with Crippen LogP contribution in [0.1, 0.15) is 62.3 Å². The third-order valence-electron chi connectivity index (χ3n) is 2.80. The molecule has 0 bridgehead atoms. The molecule has 0 atom stereocenters. The third kappa shape index (κ3) is 5.87. The van der Waals surface area contributed by atoms with Crippen molar-refractivity contribution < 1.29 is 13.6 Å². The Morgan fingerprint density at radius 3 is 1.41 bits per heavy atom. The van der Waals surface area contributed by atoms with Gasteiger partial charge in [0.25, 0.3) is 0 Å². The fourth-order valence-corrected chi connectivity index (χ4v) is 5.07. The van der Waals surface area contributed by atoms with Gasteiger partial charge in [0.15, 0.2) is 0 Å². The van der Waals surface area contributed by atoms with Crippen molar-refractivity contribution in [3.8, 4) is 5.75 Å². The molecule has 4 heteroatoms. The van der Waals surface area contributed by atoms with Crippen LogP contribution in [0.5, 0.6) is 5.75 Å². The van der Waals surface area contributed by atoms with E-state index < -0.39 is 7.94 Å². The Morgan fingerprint density at radius 1 is 0.682 bits per heavy atom. The molecule has 128 valence electrons. The van der Waals surface area contributed by atoms with Crippen LogP contribution in [-0.2, 0) is 9.05 Å². The topological polar surface area (TPSA) is 27.7 Å². The van der Waals surface area contributed by atoms with Crippen LogP contribution < -0.4 is 4.52 Å². The number of hydrogen-bond donors (Lipinski definition) is 0. The standard InChI is InChI=1S/C18H33O3P/c1-16(2,3)20-22(18(7,8)9,21-17(4,5)6)19-15-13-11-10-12-14-15/h10-14,22H,1-9H3. The zero-order valence-corrected chi connectivity index (χ0v) is 16.6. The quantitative estimate of drug-likeness (QED) is 0.635. The Kier molecular flexibility index (Phi) is 5.71. The summed E-state index contributed by atoms with van der Waals surface area (Å²) in [6, 6.07) is 9.80. The van der Waals surface area contributed by atoms with Crippen LogP contribution in [0.15, 0.2) is 30.3 Å². The van der Waals surface area contributed by atoms with Gasteiger partial charge in [0.1, 0.15) is 0 Å². The molecule has 0 heterocycles. The predicted molar refractivity (Wildman–Crippen MR) is 96.8 cm³/mol. The molecule has 0 amide bonds. The van der Waals surface area contributed by atoms with Gasteiger partial charge in [-0.25, -0.2) is 0 Å². The molecule has 0 N–H and O–H groups in total. The Bertz CT molecular complexity index is 448. The summed E-state index contributed by atoms with van der Waals surface area (Å²) in [6.45, 7) is 18.6. The maximum atomic E-state index is 6.46. The molecule has 0 saturated carbocycles. The van der Waals surface area contributed by atoms with Gasteiger partial charge in [-0.3, -0.25) is 0 Å². The summed E-state index contributed by atoms with van der Waals surface area (Å²) >= 11 is 0. The van der Waals surface area contributed by atoms with Crippen molar-refractivity contribution in [3.63, 3.8) is 0 Å².